The Hall–Kier alpha value is -0.910. The average molecular weight is 236 g/mol. The van der Waals surface area contributed by atoms with Crippen LogP contribution in [0.4, 0.5) is 0 Å². The zero-order valence-electron chi connectivity index (χ0n) is 9.15. The van der Waals surface area contributed by atoms with Crippen molar-refractivity contribution in [3.05, 3.63) is 0 Å². The number of carbonyl (C=O) groups excluding carboxylic acids is 2. The minimum absolute atomic E-state index is 0.131. The zero-order valence-corrected chi connectivity index (χ0v) is 9.96. The van der Waals surface area contributed by atoms with E-state index in [1.165, 1.54) is 0 Å². The molecular weight excluding hydrogens is 220 g/mol. The molecule has 0 saturated carbocycles. The van der Waals surface area contributed by atoms with E-state index in [2.05, 4.69) is 4.74 Å². The minimum atomic E-state index is -3.67. The van der Waals surface area contributed by atoms with Crippen LogP contribution in [0.5, 0.6) is 0 Å². The maximum atomic E-state index is 11.3. The molecule has 0 rings (SSSR count). The van der Waals surface area contributed by atoms with Gasteiger partial charge in [-0.15, -0.1) is 0 Å². The standard InChI is InChI=1S/C9H16O5S/c1-4-14-9(11)6-15(12,13)5-8(10)7(2)3/h7H,4-6H2,1-3H3. The molecule has 0 atom stereocenters. The van der Waals surface area contributed by atoms with Gasteiger partial charge in [0.2, 0.25) is 0 Å². The van der Waals surface area contributed by atoms with Crippen LogP contribution in [0, 0.1) is 5.92 Å². The Bertz CT molecular complexity index is 328. The fourth-order valence-electron chi connectivity index (χ4n) is 0.817. The van der Waals surface area contributed by atoms with E-state index >= 15 is 0 Å². The van der Waals surface area contributed by atoms with Gasteiger partial charge in [-0.1, -0.05) is 13.8 Å². The van der Waals surface area contributed by atoms with Crippen LogP contribution < -0.4 is 0 Å². The summed E-state index contributed by atoms with van der Waals surface area (Å²) in [6.07, 6.45) is 0. The first-order valence-corrected chi connectivity index (χ1v) is 6.49. The Labute approximate surface area is 89.7 Å². The van der Waals surface area contributed by atoms with Gasteiger partial charge in [-0.3, -0.25) is 9.59 Å². The number of hydrogen-bond acceptors (Lipinski definition) is 5. The van der Waals surface area contributed by atoms with Crippen molar-refractivity contribution >= 4 is 21.6 Å². The summed E-state index contributed by atoms with van der Waals surface area (Å²) in [5.41, 5.74) is 0. The lowest BCUT2D eigenvalue weighted by Crippen LogP contribution is -2.27. The maximum absolute atomic E-state index is 11.3. The highest BCUT2D eigenvalue weighted by molar-refractivity contribution is 7.92. The molecule has 0 saturated heterocycles. The van der Waals surface area contributed by atoms with E-state index in [4.69, 9.17) is 0 Å². The highest BCUT2D eigenvalue weighted by atomic mass is 32.2. The number of ether oxygens (including phenoxy) is 1. The van der Waals surface area contributed by atoms with Crippen LogP contribution in [-0.2, 0) is 24.2 Å². The lowest BCUT2D eigenvalue weighted by atomic mass is 10.1. The van der Waals surface area contributed by atoms with E-state index in [1.54, 1.807) is 20.8 Å². The van der Waals surface area contributed by atoms with Crippen LogP contribution in [-0.4, -0.2) is 38.3 Å². The summed E-state index contributed by atoms with van der Waals surface area (Å²) >= 11 is 0. The van der Waals surface area contributed by atoms with Gasteiger partial charge in [0.05, 0.1) is 6.61 Å². The second-order valence-electron chi connectivity index (χ2n) is 3.46. The van der Waals surface area contributed by atoms with Crippen molar-refractivity contribution in [1.29, 1.82) is 0 Å². The molecule has 15 heavy (non-hydrogen) atoms. The van der Waals surface area contributed by atoms with Crippen LogP contribution in [0.15, 0.2) is 0 Å². The van der Waals surface area contributed by atoms with Gasteiger partial charge in [-0.2, -0.15) is 0 Å². The van der Waals surface area contributed by atoms with E-state index in [9.17, 15) is 18.0 Å². The van der Waals surface area contributed by atoms with Gasteiger partial charge in [0.15, 0.2) is 9.84 Å². The SMILES string of the molecule is CCOC(=O)CS(=O)(=O)CC(=O)C(C)C. The average Bonchev–Trinajstić information content (AvgIpc) is 2.01. The summed E-state index contributed by atoms with van der Waals surface area (Å²) in [6, 6.07) is 0. The number of carbonyl (C=O) groups is 2. The molecule has 0 radical (unpaired) electrons. The van der Waals surface area contributed by atoms with Crippen LogP contribution in [0.3, 0.4) is 0 Å². The Kier molecular flexibility index (Phi) is 5.49. The molecule has 0 aliphatic heterocycles. The number of rotatable bonds is 6. The van der Waals surface area contributed by atoms with Crippen molar-refractivity contribution in [2.24, 2.45) is 5.92 Å². The molecule has 0 aromatic carbocycles. The van der Waals surface area contributed by atoms with Gasteiger partial charge in [0.25, 0.3) is 0 Å². The van der Waals surface area contributed by atoms with E-state index in [1.807, 2.05) is 0 Å². The molecule has 0 N–H and O–H groups in total. The summed E-state index contributed by atoms with van der Waals surface area (Å²) in [6.45, 7) is 4.95. The monoisotopic (exact) mass is 236 g/mol. The van der Waals surface area contributed by atoms with Gasteiger partial charge in [-0.25, -0.2) is 8.42 Å². The molecule has 0 amide bonds. The summed E-state index contributed by atoms with van der Waals surface area (Å²) in [7, 11) is -3.67. The lowest BCUT2D eigenvalue weighted by molar-refractivity contribution is -0.139. The molecule has 0 aromatic heterocycles. The lowest BCUT2D eigenvalue weighted by Gasteiger charge is -2.05. The predicted octanol–water partition coefficient (Wildman–Crippen LogP) is 0.189. The van der Waals surface area contributed by atoms with Gasteiger partial charge in [0.1, 0.15) is 17.3 Å². The second-order valence-corrected chi connectivity index (χ2v) is 5.52. The number of esters is 1. The van der Waals surface area contributed by atoms with Gasteiger partial charge in [0, 0.05) is 5.92 Å². The number of sulfone groups is 1. The summed E-state index contributed by atoms with van der Waals surface area (Å²) in [5.74, 6) is -2.86. The van der Waals surface area contributed by atoms with Gasteiger partial charge in [-0.05, 0) is 6.92 Å². The molecule has 0 bridgehead atoms. The van der Waals surface area contributed by atoms with Crippen molar-refractivity contribution in [2.75, 3.05) is 18.1 Å². The van der Waals surface area contributed by atoms with Crippen molar-refractivity contribution < 1.29 is 22.7 Å². The van der Waals surface area contributed by atoms with Crippen molar-refractivity contribution in [3.63, 3.8) is 0 Å². The highest BCUT2D eigenvalue weighted by Gasteiger charge is 2.22. The van der Waals surface area contributed by atoms with Crippen LogP contribution in [0.1, 0.15) is 20.8 Å². The number of hydrogen-bond donors (Lipinski definition) is 0. The third kappa shape index (κ3) is 6.22. The largest absolute Gasteiger partial charge is 0.465 e. The molecular formula is C9H16O5S. The fraction of sp³-hybridized carbons (Fsp3) is 0.778. The van der Waals surface area contributed by atoms with Crippen molar-refractivity contribution in [2.45, 2.75) is 20.8 Å². The predicted molar refractivity (Wildman–Crippen MR) is 55.1 cm³/mol. The van der Waals surface area contributed by atoms with E-state index in [0.717, 1.165) is 0 Å². The Morgan fingerprint density at radius 2 is 1.73 bits per heavy atom. The minimum Gasteiger partial charge on any atom is -0.465 e. The summed E-state index contributed by atoms with van der Waals surface area (Å²) in [5, 5.41) is 0. The highest BCUT2D eigenvalue weighted by Crippen LogP contribution is 2.00. The van der Waals surface area contributed by atoms with Crippen LogP contribution in [0.2, 0.25) is 0 Å². The molecule has 0 aliphatic rings. The third-order valence-electron chi connectivity index (χ3n) is 1.65. The first-order valence-electron chi connectivity index (χ1n) is 4.67. The zero-order chi connectivity index (χ0) is 12.1. The number of Topliss-reactive ketones (excluding diaryl/α,β-unsaturated/α-hetero) is 1. The molecule has 0 aromatic rings. The van der Waals surface area contributed by atoms with E-state index in [-0.39, 0.29) is 18.3 Å². The number of ketones is 1. The smallest absolute Gasteiger partial charge is 0.321 e. The summed E-state index contributed by atoms with van der Waals surface area (Å²) in [4.78, 5) is 22.1. The van der Waals surface area contributed by atoms with Crippen molar-refractivity contribution in [3.8, 4) is 0 Å². The molecule has 6 heteroatoms. The normalized spacial score (nSPS) is 11.5. The first-order chi connectivity index (χ1) is 6.78. The van der Waals surface area contributed by atoms with Gasteiger partial charge < -0.3 is 4.74 Å². The first kappa shape index (κ1) is 14.1. The Balaban J connectivity index is 4.32. The Morgan fingerprint density at radius 3 is 2.13 bits per heavy atom. The summed E-state index contributed by atoms with van der Waals surface area (Å²) < 4.78 is 27.1. The Morgan fingerprint density at radius 1 is 1.20 bits per heavy atom. The van der Waals surface area contributed by atoms with E-state index < -0.39 is 27.3 Å². The maximum Gasteiger partial charge on any atom is 0.321 e. The molecule has 5 nitrogen and oxygen atoms in total. The van der Waals surface area contributed by atoms with Crippen LogP contribution in [0.25, 0.3) is 0 Å². The van der Waals surface area contributed by atoms with Crippen LogP contribution >= 0.6 is 0 Å². The third-order valence-corrected chi connectivity index (χ3v) is 3.05. The topological polar surface area (TPSA) is 77.5 Å². The quantitative estimate of drug-likeness (QED) is 0.615. The molecule has 0 heterocycles. The van der Waals surface area contributed by atoms with Crippen molar-refractivity contribution in [1.82, 2.24) is 0 Å². The molecule has 0 aliphatic carbocycles. The van der Waals surface area contributed by atoms with E-state index in [0.29, 0.717) is 0 Å². The molecule has 0 unspecified atom stereocenters. The molecule has 0 spiro atoms. The molecule has 88 valence electrons. The molecule has 0 fully saturated rings. The fourth-order valence-corrected chi connectivity index (χ4v) is 2.13. The van der Waals surface area contributed by atoms with Gasteiger partial charge >= 0.3 is 5.97 Å². The second kappa shape index (κ2) is 5.85.